The minimum absolute atomic E-state index is 0.101. The third kappa shape index (κ3) is 4.69. The summed E-state index contributed by atoms with van der Waals surface area (Å²) in [6.07, 6.45) is 7.10. The molecule has 0 spiro atoms. The topological polar surface area (TPSA) is 12.5 Å². The molecule has 0 aromatic heterocycles. The number of fused-ring (bicyclic) bond motifs is 5. The fourth-order valence-corrected chi connectivity index (χ4v) is 6.09. The first-order chi connectivity index (χ1) is 14.3. The molecule has 2 aliphatic heterocycles. The van der Waals surface area contributed by atoms with Crippen molar-refractivity contribution in [3.05, 3.63) is 64.1 Å². The molecule has 4 rings (SSSR count). The Kier molecular flexibility index (Phi) is 6.44. The summed E-state index contributed by atoms with van der Waals surface area (Å²) < 4.78 is 45.3. The van der Waals surface area contributed by atoms with Gasteiger partial charge in [-0.3, -0.25) is 0 Å². The number of ether oxygens (including phenoxy) is 1. The number of thioether (sulfide) groups is 1. The lowest BCUT2D eigenvalue weighted by Crippen LogP contribution is -2.18. The Balaban J connectivity index is 1.54. The van der Waals surface area contributed by atoms with Gasteiger partial charge in [-0.15, -0.1) is 23.1 Å². The molecule has 2 atom stereocenters. The van der Waals surface area contributed by atoms with Crippen molar-refractivity contribution in [3.63, 3.8) is 0 Å². The second-order valence-corrected chi connectivity index (χ2v) is 10.0. The summed E-state index contributed by atoms with van der Waals surface area (Å²) in [5.74, 6) is 0. The highest BCUT2D eigenvalue weighted by Crippen LogP contribution is 2.51. The van der Waals surface area contributed by atoms with Gasteiger partial charge in [-0.1, -0.05) is 30.4 Å². The highest BCUT2D eigenvalue weighted by Gasteiger charge is 2.34. The quantitative estimate of drug-likeness (QED) is 0.465. The molecule has 30 heavy (non-hydrogen) atoms. The van der Waals surface area contributed by atoms with Crippen LogP contribution in [0.3, 0.4) is 0 Å². The van der Waals surface area contributed by atoms with E-state index in [1.165, 1.54) is 28.4 Å². The summed E-state index contributed by atoms with van der Waals surface area (Å²) in [5, 5.41) is 1.54. The Hall–Kier alpha value is -1.54. The van der Waals surface area contributed by atoms with Crippen LogP contribution >= 0.6 is 23.1 Å². The Bertz CT molecular complexity index is 958. The lowest BCUT2D eigenvalue weighted by Gasteiger charge is -2.26. The molecule has 2 aliphatic carbocycles. The van der Waals surface area contributed by atoms with Crippen LogP contribution in [0.2, 0.25) is 0 Å². The van der Waals surface area contributed by atoms with E-state index < -0.39 is 11.7 Å². The highest BCUT2D eigenvalue weighted by atomic mass is 32.2. The molecule has 0 radical (unpaired) electrons. The van der Waals surface area contributed by atoms with Crippen LogP contribution in [0.25, 0.3) is 16.5 Å². The zero-order valence-corrected chi connectivity index (χ0v) is 18.5. The maximum atomic E-state index is 13.2. The molecule has 4 aliphatic rings. The lowest BCUT2D eigenvalue weighted by molar-refractivity contribution is -0.137. The van der Waals surface area contributed by atoms with Gasteiger partial charge in [0.15, 0.2) is 0 Å². The molecule has 0 saturated heterocycles. The largest absolute Gasteiger partial charge is 0.417 e. The van der Waals surface area contributed by atoms with Gasteiger partial charge in [0, 0.05) is 22.1 Å². The van der Waals surface area contributed by atoms with Crippen molar-refractivity contribution in [2.45, 2.75) is 23.1 Å². The first-order valence-electron chi connectivity index (χ1n) is 9.89. The van der Waals surface area contributed by atoms with Crippen molar-refractivity contribution in [1.82, 2.24) is 4.90 Å². The van der Waals surface area contributed by atoms with Crippen molar-refractivity contribution >= 4 is 29.2 Å². The summed E-state index contributed by atoms with van der Waals surface area (Å²) >= 11 is 2.99. The molecule has 7 heteroatoms. The highest BCUT2D eigenvalue weighted by molar-refractivity contribution is 8.00. The lowest BCUT2D eigenvalue weighted by atomic mass is 10.0. The fraction of sp³-hybridized carbons (Fsp3) is 0.391. The molecule has 0 N–H and O–H groups in total. The molecular formula is C23H24F3NOS2. The van der Waals surface area contributed by atoms with Gasteiger partial charge in [0.1, 0.15) is 0 Å². The normalized spacial score (nSPS) is 20.9. The Morgan fingerprint density at radius 3 is 2.77 bits per heavy atom. The van der Waals surface area contributed by atoms with Crippen LogP contribution in [0, 0.1) is 0 Å². The monoisotopic (exact) mass is 451 g/mol. The van der Waals surface area contributed by atoms with E-state index in [9.17, 15) is 13.2 Å². The van der Waals surface area contributed by atoms with Crippen molar-refractivity contribution in [2.75, 3.05) is 33.9 Å². The zero-order valence-electron chi connectivity index (χ0n) is 16.9. The number of rotatable bonds is 6. The van der Waals surface area contributed by atoms with Gasteiger partial charge in [-0.25, -0.2) is 0 Å². The third-order valence-electron chi connectivity index (χ3n) is 5.20. The number of alkyl halides is 3. The van der Waals surface area contributed by atoms with E-state index in [-0.39, 0.29) is 10.5 Å². The average Bonchev–Trinajstić information content (AvgIpc) is 2.95. The van der Waals surface area contributed by atoms with Gasteiger partial charge < -0.3 is 9.64 Å². The number of hydrogen-bond acceptors (Lipinski definition) is 4. The second kappa shape index (κ2) is 8.91. The standard InChI is InChI=1S/C23H24F3NOS2/c1-27(2)9-4-10-28-13-18-8-7-15-5-3-6-19-20(22(15)30-18)12-16-11-17(23(24,25)26)14-29-21(16)19/h3,5-8,11-12,14,18,22H,4,9-10,13H2,1-2H3. The Morgan fingerprint density at radius 2 is 2.00 bits per heavy atom. The molecule has 0 aromatic carbocycles. The molecule has 0 amide bonds. The number of allylic oxidation sites excluding steroid dienone is 3. The molecule has 160 valence electrons. The predicted molar refractivity (Wildman–Crippen MR) is 120 cm³/mol. The number of hydrogen-bond donors (Lipinski definition) is 0. The van der Waals surface area contributed by atoms with Crippen LogP contribution in [0.4, 0.5) is 13.2 Å². The Morgan fingerprint density at radius 1 is 1.17 bits per heavy atom. The fourth-order valence-electron chi connectivity index (χ4n) is 3.73. The maximum absolute atomic E-state index is 13.2. The molecular weight excluding hydrogens is 427 g/mol. The maximum Gasteiger partial charge on any atom is 0.417 e. The van der Waals surface area contributed by atoms with Crippen LogP contribution in [-0.2, 0) is 10.9 Å². The summed E-state index contributed by atoms with van der Waals surface area (Å²) in [4.78, 5) is 3.05. The van der Waals surface area contributed by atoms with Gasteiger partial charge in [-0.05, 0) is 61.5 Å². The molecule has 0 fully saturated rings. The van der Waals surface area contributed by atoms with Gasteiger partial charge in [0.2, 0.25) is 0 Å². The van der Waals surface area contributed by atoms with Crippen molar-refractivity contribution < 1.29 is 17.9 Å². The van der Waals surface area contributed by atoms with Crippen LogP contribution in [0.5, 0.6) is 0 Å². The van der Waals surface area contributed by atoms with E-state index in [0.29, 0.717) is 12.2 Å². The first kappa shape index (κ1) is 21.7. The van der Waals surface area contributed by atoms with Crippen molar-refractivity contribution in [1.29, 1.82) is 0 Å². The molecule has 0 bridgehead atoms. The summed E-state index contributed by atoms with van der Waals surface area (Å²) in [6, 6.07) is 3.21. The number of halogens is 3. The average molecular weight is 452 g/mol. The van der Waals surface area contributed by atoms with Gasteiger partial charge >= 0.3 is 6.18 Å². The van der Waals surface area contributed by atoms with Crippen LogP contribution in [0.15, 0.2) is 47.4 Å². The summed E-state index contributed by atoms with van der Waals surface area (Å²) in [7, 11) is 4.10. The molecule has 0 saturated carbocycles. The van der Waals surface area contributed by atoms with E-state index in [1.807, 2.05) is 44.1 Å². The van der Waals surface area contributed by atoms with Gasteiger partial charge in [0.25, 0.3) is 0 Å². The SMILES string of the molecule is CN(C)CCCOCC1C=CC2=CC=Cc3c(cc4cc(C(F)(F)F)csc3-4)C2S1. The second-order valence-electron chi connectivity index (χ2n) is 7.80. The van der Waals surface area contributed by atoms with Crippen molar-refractivity contribution in [3.8, 4) is 10.4 Å². The minimum Gasteiger partial charge on any atom is -0.380 e. The predicted octanol–water partition coefficient (Wildman–Crippen LogP) is 6.51. The molecule has 0 aromatic rings. The Labute approximate surface area is 183 Å². The zero-order chi connectivity index (χ0) is 21.3. The van der Waals surface area contributed by atoms with Crippen molar-refractivity contribution in [2.24, 2.45) is 0 Å². The number of nitrogens with zero attached hydrogens (tertiary/aromatic N) is 1. The van der Waals surface area contributed by atoms with Crippen LogP contribution in [0.1, 0.15) is 28.4 Å². The first-order valence-corrected chi connectivity index (χ1v) is 11.7. The third-order valence-corrected chi connectivity index (χ3v) is 7.70. The van der Waals surface area contributed by atoms with Crippen LogP contribution in [-0.4, -0.2) is 44.0 Å². The van der Waals surface area contributed by atoms with Gasteiger partial charge in [-0.2, -0.15) is 13.2 Å². The molecule has 2 nitrogen and oxygen atoms in total. The van der Waals surface area contributed by atoms with E-state index >= 15 is 0 Å². The minimum atomic E-state index is -4.32. The van der Waals surface area contributed by atoms with E-state index in [0.717, 1.165) is 35.6 Å². The van der Waals surface area contributed by atoms with E-state index in [4.69, 9.17) is 4.74 Å². The summed E-state index contributed by atoms with van der Waals surface area (Å²) in [5.41, 5.74) is 3.38. The van der Waals surface area contributed by atoms with E-state index in [2.05, 4.69) is 23.1 Å². The van der Waals surface area contributed by atoms with Gasteiger partial charge in [0.05, 0.1) is 17.4 Å². The molecule has 2 heterocycles. The molecule has 2 unspecified atom stereocenters. The summed E-state index contributed by atoms with van der Waals surface area (Å²) in [6.45, 7) is 2.37. The smallest absolute Gasteiger partial charge is 0.380 e. The van der Waals surface area contributed by atoms with Crippen LogP contribution < -0.4 is 0 Å². The van der Waals surface area contributed by atoms with E-state index in [1.54, 1.807) is 0 Å².